The second-order valence-corrected chi connectivity index (χ2v) is 6.31. The van der Waals surface area contributed by atoms with Crippen LogP contribution in [0.1, 0.15) is 26.7 Å². The molecule has 3 N–H and O–H groups in total. The number of carbonyl (C=O) groups is 1. The van der Waals surface area contributed by atoms with Crippen molar-refractivity contribution >= 4 is 41.5 Å². The maximum atomic E-state index is 11.1. The highest BCUT2D eigenvalue weighted by molar-refractivity contribution is 14.0. The number of ether oxygens (including phenoxy) is 2. The standard InChI is InChI=1S/C18H28N4O3.HI/c1-14(23)22-15-6-4-7-16(12-15)24-11-9-20-17(19-3)21-13-18(2)8-5-10-25-18;/h4,6-7,12H,5,8-11,13H2,1-3H3,(H,22,23)(H2,19,20,21);1H. The Balaban J connectivity index is 0.00000338. The molecule has 1 aliphatic heterocycles. The third-order valence-corrected chi connectivity index (χ3v) is 3.97. The Bertz CT molecular complexity index is 604. The largest absolute Gasteiger partial charge is 0.492 e. The zero-order chi connectivity index (χ0) is 18.1. The van der Waals surface area contributed by atoms with E-state index in [4.69, 9.17) is 9.47 Å². The van der Waals surface area contributed by atoms with Crippen molar-refractivity contribution in [1.29, 1.82) is 0 Å². The number of nitrogens with zero attached hydrogens (tertiary/aromatic N) is 1. The van der Waals surface area contributed by atoms with Crippen molar-refractivity contribution in [2.45, 2.75) is 32.3 Å². The number of hydrogen-bond acceptors (Lipinski definition) is 4. The summed E-state index contributed by atoms with van der Waals surface area (Å²) in [7, 11) is 1.74. The number of carbonyl (C=O) groups excluding carboxylic acids is 1. The average Bonchev–Trinajstić information content (AvgIpc) is 3.01. The highest BCUT2D eigenvalue weighted by Gasteiger charge is 2.29. The Hall–Kier alpha value is -1.55. The summed E-state index contributed by atoms with van der Waals surface area (Å²) in [5.74, 6) is 1.34. The van der Waals surface area contributed by atoms with Crippen LogP contribution in [0.25, 0.3) is 0 Å². The first-order valence-corrected chi connectivity index (χ1v) is 8.60. The third kappa shape index (κ3) is 7.77. The molecule has 1 aromatic carbocycles. The van der Waals surface area contributed by atoms with Crippen LogP contribution >= 0.6 is 24.0 Å². The number of nitrogens with one attached hydrogen (secondary N) is 3. The minimum atomic E-state index is -0.113. The van der Waals surface area contributed by atoms with Crippen molar-refractivity contribution in [2.24, 2.45) is 4.99 Å². The molecule has 146 valence electrons. The molecule has 1 saturated heterocycles. The SMILES string of the molecule is CN=C(NCCOc1cccc(NC(C)=O)c1)NCC1(C)CCCO1.I. The average molecular weight is 476 g/mol. The normalized spacial score (nSPS) is 19.4. The molecule has 0 radical (unpaired) electrons. The zero-order valence-corrected chi connectivity index (χ0v) is 18.0. The fraction of sp³-hybridized carbons (Fsp3) is 0.556. The maximum absolute atomic E-state index is 11.1. The van der Waals surface area contributed by atoms with Gasteiger partial charge in [-0.15, -0.1) is 24.0 Å². The number of amides is 1. The van der Waals surface area contributed by atoms with Gasteiger partial charge in [0.05, 0.1) is 12.1 Å². The van der Waals surface area contributed by atoms with Crippen molar-refractivity contribution in [3.63, 3.8) is 0 Å². The lowest BCUT2D eigenvalue weighted by atomic mass is 10.0. The van der Waals surface area contributed by atoms with Gasteiger partial charge in [0.2, 0.25) is 5.91 Å². The van der Waals surface area contributed by atoms with Crippen LogP contribution in [-0.4, -0.2) is 50.8 Å². The van der Waals surface area contributed by atoms with E-state index in [-0.39, 0.29) is 35.5 Å². The van der Waals surface area contributed by atoms with E-state index < -0.39 is 0 Å². The van der Waals surface area contributed by atoms with Gasteiger partial charge in [-0.1, -0.05) is 6.07 Å². The molecule has 1 unspecified atom stereocenters. The first-order chi connectivity index (χ1) is 12.0. The Morgan fingerprint density at radius 2 is 2.19 bits per heavy atom. The van der Waals surface area contributed by atoms with Crippen LogP contribution in [0.4, 0.5) is 5.69 Å². The molecular formula is C18H29IN4O3. The van der Waals surface area contributed by atoms with E-state index in [0.29, 0.717) is 18.9 Å². The number of hydrogen-bond donors (Lipinski definition) is 3. The summed E-state index contributed by atoms with van der Waals surface area (Å²) in [5.41, 5.74) is 0.610. The first-order valence-electron chi connectivity index (χ1n) is 8.60. The number of rotatable bonds is 7. The van der Waals surface area contributed by atoms with Gasteiger partial charge in [-0.25, -0.2) is 0 Å². The number of aliphatic imine (C=N–C) groups is 1. The van der Waals surface area contributed by atoms with Gasteiger partial charge in [0, 0.05) is 38.9 Å². The van der Waals surface area contributed by atoms with Crippen LogP contribution in [0.2, 0.25) is 0 Å². The smallest absolute Gasteiger partial charge is 0.221 e. The monoisotopic (exact) mass is 476 g/mol. The molecule has 1 atom stereocenters. The quantitative estimate of drug-likeness (QED) is 0.244. The van der Waals surface area contributed by atoms with Crippen molar-refractivity contribution < 1.29 is 14.3 Å². The topological polar surface area (TPSA) is 84.0 Å². The van der Waals surface area contributed by atoms with E-state index in [1.807, 2.05) is 18.2 Å². The van der Waals surface area contributed by atoms with Gasteiger partial charge in [-0.05, 0) is 31.9 Å². The predicted molar refractivity (Wildman–Crippen MR) is 115 cm³/mol. The van der Waals surface area contributed by atoms with Gasteiger partial charge in [0.25, 0.3) is 0 Å². The summed E-state index contributed by atoms with van der Waals surface area (Å²) in [5, 5.41) is 9.24. The minimum Gasteiger partial charge on any atom is -0.492 e. The Morgan fingerprint density at radius 3 is 2.85 bits per heavy atom. The predicted octanol–water partition coefficient (Wildman–Crippen LogP) is 2.38. The first kappa shape index (κ1) is 22.5. The fourth-order valence-electron chi connectivity index (χ4n) is 2.67. The van der Waals surface area contributed by atoms with Gasteiger partial charge >= 0.3 is 0 Å². The lowest BCUT2D eigenvalue weighted by molar-refractivity contribution is -0.114. The van der Waals surface area contributed by atoms with Crippen molar-refractivity contribution in [3.8, 4) is 5.75 Å². The van der Waals surface area contributed by atoms with Crippen LogP contribution in [-0.2, 0) is 9.53 Å². The minimum absolute atomic E-state index is 0. The molecule has 2 rings (SSSR count). The number of halogens is 1. The second-order valence-electron chi connectivity index (χ2n) is 6.31. The second kappa shape index (κ2) is 11.2. The van der Waals surface area contributed by atoms with Crippen LogP contribution in [0, 0.1) is 0 Å². The van der Waals surface area contributed by atoms with Crippen LogP contribution in [0.5, 0.6) is 5.75 Å². The van der Waals surface area contributed by atoms with Gasteiger partial charge in [-0.3, -0.25) is 9.79 Å². The number of anilines is 1. The van der Waals surface area contributed by atoms with Gasteiger partial charge in [0.1, 0.15) is 12.4 Å². The summed E-state index contributed by atoms with van der Waals surface area (Å²) in [6.45, 7) is 6.25. The molecule has 0 saturated carbocycles. The van der Waals surface area contributed by atoms with Crippen molar-refractivity contribution in [2.75, 3.05) is 38.7 Å². The van der Waals surface area contributed by atoms with Gasteiger partial charge in [-0.2, -0.15) is 0 Å². The van der Waals surface area contributed by atoms with E-state index in [0.717, 1.165) is 37.6 Å². The summed E-state index contributed by atoms with van der Waals surface area (Å²) in [4.78, 5) is 15.3. The highest BCUT2D eigenvalue weighted by Crippen LogP contribution is 2.23. The van der Waals surface area contributed by atoms with E-state index in [2.05, 4.69) is 27.9 Å². The molecule has 1 amide bonds. The van der Waals surface area contributed by atoms with Crippen LogP contribution < -0.4 is 20.7 Å². The molecule has 26 heavy (non-hydrogen) atoms. The Kier molecular flexibility index (Phi) is 9.71. The molecule has 7 nitrogen and oxygen atoms in total. The fourth-order valence-corrected chi connectivity index (χ4v) is 2.67. The molecule has 0 aliphatic carbocycles. The van der Waals surface area contributed by atoms with E-state index in [1.54, 1.807) is 13.1 Å². The molecule has 1 fully saturated rings. The zero-order valence-electron chi connectivity index (χ0n) is 15.6. The molecule has 0 spiro atoms. The Labute approximate surface area is 172 Å². The number of guanidine groups is 1. The molecule has 1 aliphatic rings. The van der Waals surface area contributed by atoms with E-state index in [9.17, 15) is 4.79 Å². The summed E-state index contributed by atoms with van der Waals surface area (Å²) in [6, 6.07) is 7.32. The van der Waals surface area contributed by atoms with E-state index >= 15 is 0 Å². The van der Waals surface area contributed by atoms with Crippen LogP contribution in [0.3, 0.4) is 0 Å². The molecule has 1 heterocycles. The summed E-state index contributed by atoms with van der Waals surface area (Å²) >= 11 is 0. The highest BCUT2D eigenvalue weighted by atomic mass is 127. The van der Waals surface area contributed by atoms with Crippen molar-refractivity contribution in [3.05, 3.63) is 24.3 Å². The lowest BCUT2D eigenvalue weighted by Gasteiger charge is -2.24. The molecule has 0 bridgehead atoms. The van der Waals surface area contributed by atoms with Crippen LogP contribution in [0.15, 0.2) is 29.3 Å². The van der Waals surface area contributed by atoms with Crippen molar-refractivity contribution in [1.82, 2.24) is 10.6 Å². The maximum Gasteiger partial charge on any atom is 0.221 e. The molecule has 1 aromatic rings. The molecule has 0 aromatic heterocycles. The van der Waals surface area contributed by atoms with E-state index in [1.165, 1.54) is 6.92 Å². The summed E-state index contributed by atoms with van der Waals surface area (Å²) in [6.07, 6.45) is 2.17. The Morgan fingerprint density at radius 1 is 1.38 bits per heavy atom. The third-order valence-electron chi connectivity index (χ3n) is 3.97. The molecular weight excluding hydrogens is 447 g/mol. The van der Waals surface area contributed by atoms with Gasteiger partial charge < -0.3 is 25.4 Å². The molecule has 8 heteroatoms. The van der Waals surface area contributed by atoms with Gasteiger partial charge in [0.15, 0.2) is 5.96 Å². The number of benzene rings is 1. The summed E-state index contributed by atoms with van der Waals surface area (Å²) < 4.78 is 11.5. The lowest BCUT2D eigenvalue weighted by Crippen LogP contribution is -2.46.